The van der Waals surface area contributed by atoms with E-state index in [2.05, 4.69) is 16.0 Å². The second-order valence-electron chi connectivity index (χ2n) is 3.89. The van der Waals surface area contributed by atoms with Crippen molar-refractivity contribution in [1.29, 1.82) is 0 Å². The summed E-state index contributed by atoms with van der Waals surface area (Å²) < 4.78 is 0. The Bertz CT molecular complexity index is 599. The molecule has 0 bridgehead atoms. The third-order valence-electron chi connectivity index (χ3n) is 2.59. The first kappa shape index (κ1) is 11.2. The van der Waals surface area contributed by atoms with Gasteiger partial charge < -0.3 is 0 Å². The van der Waals surface area contributed by atoms with Gasteiger partial charge in [-0.05, 0) is 31.5 Å². The maximum absolute atomic E-state index is 10.4. The Kier molecular flexibility index (Phi) is 3.12. The largest absolute Gasteiger partial charge is 0.254 e. The number of rotatable bonds is 2. The number of hydrogen-bond acceptors (Lipinski definition) is 3. The molecule has 0 amide bonds. The Morgan fingerprint density at radius 1 is 1.24 bits per heavy atom. The van der Waals surface area contributed by atoms with Crippen LogP contribution in [0.25, 0.3) is 11.3 Å². The summed E-state index contributed by atoms with van der Waals surface area (Å²) >= 11 is 0. The number of hydrogen-bond donors (Lipinski definition) is 0. The van der Waals surface area contributed by atoms with E-state index in [1.54, 1.807) is 24.4 Å². The van der Waals surface area contributed by atoms with Crippen molar-refractivity contribution in [3.63, 3.8) is 0 Å². The van der Waals surface area contributed by atoms with Gasteiger partial charge in [-0.1, -0.05) is 23.8 Å². The zero-order chi connectivity index (χ0) is 12.3. The van der Waals surface area contributed by atoms with Crippen molar-refractivity contribution in [3.05, 3.63) is 47.7 Å². The van der Waals surface area contributed by atoms with Gasteiger partial charge in [0.2, 0.25) is 6.08 Å². The molecule has 0 unspecified atom stereocenters. The Morgan fingerprint density at radius 3 is 2.76 bits per heavy atom. The molecule has 0 fully saturated rings. The van der Waals surface area contributed by atoms with Gasteiger partial charge in [0, 0.05) is 11.8 Å². The summed E-state index contributed by atoms with van der Waals surface area (Å²) in [6, 6.07) is 9.61. The summed E-state index contributed by atoms with van der Waals surface area (Å²) in [6.07, 6.45) is 3.25. The summed E-state index contributed by atoms with van der Waals surface area (Å²) in [6.45, 7) is 4.06. The fraction of sp³-hybridized carbons (Fsp3) is 0.143. The summed E-state index contributed by atoms with van der Waals surface area (Å²) in [5.41, 5.74) is 4.57. The average molecular weight is 224 g/mol. The minimum Gasteiger partial charge on any atom is -0.254 e. The molecule has 0 N–H and O–H groups in total. The molecule has 3 nitrogen and oxygen atoms in total. The molecule has 17 heavy (non-hydrogen) atoms. The normalized spacial score (nSPS) is 9.76. The molecular weight excluding hydrogens is 212 g/mol. The average Bonchev–Trinajstić information content (AvgIpc) is 2.31. The van der Waals surface area contributed by atoms with Gasteiger partial charge in [0.15, 0.2) is 0 Å². The number of aryl methyl sites for hydroxylation is 2. The number of carbonyl (C=O) groups excluding carboxylic acids is 1. The molecule has 1 aromatic heterocycles. The first-order chi connectivity index (χ1) is 8.22. The molecule has 0 saturated carbocycles. The Labute approximate surface area is 99.9 Å². The quantitative estimate of drug-likeness (QED) is 0.580. The molecule has 0 aliphatic rings. The number of aromatic nitrogens is 1. The fourth-order valence-corrected chi connectivity index (χ4v) is 1.82. The highest BCUT2D eigenvalue weighted by Crippen LogP contribution is 2.30. The summed E-state index contributed by atoms with van der Waals surface area (Å²) in [5.74, 6) is 0. The maximum Gasteiger partial charge on any atom is 0.240 e. The van der Waals surface area contributed by atoms with Crippen LogP contribution < -0.4 is 0 Å². The predicted octanol–water partition coefficient (Wildman–Crippen LogP) is 3.33. The van der Waals surface area contributed by atoms with Gasteiger partial charge >= 0.3 is 0 Å². The van der Waals surface area contributed by atoms with Crippen molar-refractivity contribution in [2.24, 2.45) is 4.99 Å². The van der Waals surface area contributed by atoms with Gasteiger partial charge in [-0.25, -0.2) is 4.79 Å². The number of nitrogens with zero attached hydrogens (tertiary/aromatic N) is 2. The topological polar surface area (TPSA) is 42.3 Å². The van der Waals surface area contributed by atoms with Crippen molar-refractivity contribution >= 4 is 11.8 Å². The van der Waals surface area contributed by atoms with Crippen LogP contribution >= 0.6 is 0 Å². The van der Waals surface area contributed by atoms with E-state index in [-0.39, 0.29) is 0 Å². The second kappa shape index (κ2) is 4.73. The summed E-state index contributed by atoms with van der Waals surface area (Å²) in [4.78, 5) is 18.3. The van der Waals surface area contributed by atoms with Crippen LogP contribution in [0.2, 0.25) is 0 Å². The van der Waals surface area contributed by atoms with E-state index in [0.29, 0.717) is 11.4 Å². The van der Waals surface area contributed by atoms with Crippen LogP contribution in [0.4, 0.5) is 5.69 Å². The van der Waals surface area contributed by atoms with E-state index in [1.165, 1.54) is 5.56 Å². The zero-order valence-corrected chi connectivity index (χ0v) is 9.77. The van der Waals surface area contributed by atoms with Crippen LogP contribution in [-0.2, 0) is 4.79 Å². The lowest BCUT2D eigenvalue weighted by Gasteiger charge is -2.07. The van der Waals surface area contributed by atoms with E-state index in [1.807, 2.05) is 26.0 Å². The molecule has 3 heteroatoms. The molecule has 0 saturated heterocycles. The molecule has 0 atom stereocenters. The Hall–Kier alpha value is -2.25. The Balaban J connectivity index is 2.64. The third-order valence-corrected chi connectivity index (χ3v) is 2.59. The van der Waals surface area contributed by atoms with Crippen LogP contribution in [0.5, 0.6) is 0 Å². The molecule has 2 rings (SSSR count). The van der Waals surface area contributed by atoms with Crippen LogP contribution in [0.15, 0.2) is 41.5 Å². The van der Waals surface area contributed by atoms with Crippen LogP contribution in [0.3, 0.4) is 0 Å². The standard InChI is InChI=1S/C14H12N2O/c1-10-5-6-12(11(2)8-10)14-13(16-9-17)4-3-7-15-14/h3-8H,1-2H3. The highest BCUT2D eigenvalue weighted by Gasteiger charge is 2.08. The lowest BCUT2D eigenvalue weighted by atomic mass is 10.0. The minimum absolute atomic E-state index is 0.550. The van der Waals surface area contributed by atoms with Crippen molar-refractivity contribution < 1.29 is 4.79 Å². The van der Waals surface area contributed by atoms with Crippen molar-refractivity contribution in [3.8, 4) is 11.3 Å². The third kappa shape index (κ3) is 2.30. The summed E-state index contributed by atoms with van der Waals surface area (Å²) in [7, 11) is 0. The SMILES string of the molecule is Cc1ccc(-c2ncccc2N=C=O)c(C)c1. The lowest BCUT2D eigenvalue weighted by molar-refractivity contribution is 0.565. The van der Waals surface area contributed by atoms with Gasteiger partial charge in [0.05, 0.1) is 5.69 Å². The van der Waals surface area contributed by atoms with E-state index in [0.717, 1.165) is 11.1 Å². The highest BCUT2D eigenvalue weighted by molar-refractivity contribution is 5.75. The smallest absolute Gasteiger partial charge is 0.240 e. The van der Waals surface area contributed by atoms with E-state index in [4.69, 9.17) is 0 Å². The second-order valence-corrected chi connectivity index (χ2v) is 3.89. The minimum atomic E-state index is 0.550. The molecule has 0 aliphatic heterocycles. The van der Waals surface area contributed by atoms with Gasteiger partial charge in [-0.2, -0.15) is 4.99 Å². The lowest BCUT2D eigenvalue weighted by Crippen LogP contribution is -1.88. The number of pyridine rings is 1. The van der Waals surface area contributed by atoms with E-state index >= 15 is 0 Å². The van der Waals surface area contributed by atoms with Crippen LogP contribution in [0, 0.1) is 13.8 Å². The van der Waals surface area contributed by atoms with Gasteiger partial charge in [0.1, 0.15) is 5.69 Å². The van der Waals surface area contributed by atoms with E-state index in [9.17, 15) is 4.79 Å². The predicted molar refractivity (Wildman–Crippen MR) is 66.9 cm³/mol. The van der Waals surface area contributed by atoms with E-state index < -0.39 is 0 Å². The molecule has 84 valence electrons. The molecule has 0 radical (unpaired) electrons. The van der Waals surface area contributed by atoms with Crippen molar-refractivity contribution in [1.82, 2.24) is 4.98 Å². The first-order valence-electron chi connectivity index (χ1n) is 5.33. The fourth-order valence-electron chi connectivity index (χ4n) is 1.82. The molecular formula is C14H12N2O. The van der Waals surface area contributed by atoms with Gasteiger partial charge in [0.25, 0.3) is 0 Å². The molecule has 1 heterocycles. The molecule has 2 aromatic rings. The summed E-state index contributed by atoms with van der Waals surface area (Å²) in [5, 5.41) is 0. The monoisotopic (exact) mass is 224 g/mol. The Morgan fingerprint density at radius 2 is 2.06 bits per heavy atom. The molecule has 0 aliphatic carbocycles. The van der Waals surface area contributed by atoms with Crippen LogP contribution in [0.1, 0.15) is 11.1 Å². The van der Waals surface area contributed by atoms with Crippen molar-refractivity contribution in [2.75, 3.05) is 0 Å². The highest BCUT2D eigenvalue weighted by atomic mass is 16.1. The van der Waals surface area contributed by atoms with Crippen LogP contribution in [-0.4, -0.2) is 11.1 Å². The number of isocyanates is 1. The molecule has 1 aromatic carbocycles. The molecule has 0 spiro atoms. The maximum atomic E-state index is 10.4. The number of aliphatic imine (C=N–C) groups is 1. The van der Waals surface area contributed by atoms with Crippen molar-refractivity contribution in [2.45, 2.75) is 13.8 Å². The number of benzene rings is 1. The van der Waals surface area contributed by atoms with Gasteiger partial charge in [-0.15, -0.1) is 0 Å². The van der Waals surface area contributed by atoms with Gasteiger partial charge in [-0.3, -0.25) is 4.98 Å². The first-order valence-corrected chi connectivity index (χ1v) is 5.33. The zero-order valence-electron chi connectivity index (χ0n) is 9.77.